The van der Waals surface area contributed by atoms with Crippen LogP contribution in [0, 0.1) is 0 Å². The lowest BCUT2D eigenvalue weighted by Gasteiger charge is -2.16. The molecule has 0 saturated heterocycles. The van der Waals surface area contributed by atoms with Gasteiger partial charge in [0.25, 0.3) is 0 Å². The Balaban J connectivity index is 2.15. The average molecular weight is 268 g/mol. The molecule has 0 heterocycles. The quantitative estimate of drug-likeness (QED) is 0.774. The number of hydrogen-bond acceptors (Lipinski definition) is 1. The van der Waals surface area contributed by atoms with Gasteiger partial charge >= 0.3 is 0 Å². The van der Waals surface area contributed by atoms with E-state index in [0.29, 0.717) is 11.7 Å². The summed E-state index contributed by atoms with van der Waals surface area (Å²) >= 11 is 0. The lowest BCUT2D eigenvalue weighted by molar-refractivity contribution is 0.462. The molecule has 0 radical (unpaired) electrons. The minimum Gasteiger partial charge on any atom is -0.508 e. The lowest BCUT2D eigenvalue weighted by atomic mass is 9.89. The summed E-state index contributed by atoms with van der Waals surface area (Å²) in [7, 11) is 0. The fourth-order valence-corrected chi connectivity index (χ4v) is 2.71. The van der Waals surface area contributed by atoms with E-state index in [1.165, 1.54) is 24.0 Å². The number of phenols is 1. The maximum atomic E-state index is 9.97. The molecule has 0 aliphatic rings. The Morgan fingerprint density at radius 1 is 0.950 bits per heavy atom. The van der Waals surface area contributed by atoms with Crippen molar-refractivity contribution < 1.29 is 5.11 Å². The SMILES string of the molecule is CCCCc1ccccc1CC(C)c1ccccc1O. The first kappa shape index (κ1) is 14.6. The standard InChI is InChI=1S/C19H24O/c1-3-4-9-16-10-5-6-11-17(16)14-15(2)18-12-7-8-13-19(18)20/h5-8,10-13,15,20H,3-4,9,14H2,1-2H3. The zero-order valence-electron chi connectivity index (χ0n) is 12.5. The van der Waals surface area contributed by atoms with Gasteiger partial charge in [0.05, 0.1) is 0 Å². The molecule has 2 aromatic carbocycles. The summed E-state index contributed by atoms with van der Waals surface area (Å²) in [5, 5.41) is 9.97. The molecule has 1 heteroatoms. The summed E-state index contributed by atoms with van der Waals surface area (Å²) in [6.45, 7) is 4.42. The third kappa shape index (κ3) is 3.63. The number of phenolic OH excluding ortho intramolecular Hbond substituents is 1. The van der Waals surface area contributed by atoms with Crippen LogP contribution in [0.4, 0.5) is 0 Å². The van der Waals surface area contributed by atoms with Crippen LogP contribution in [-0.4, -0.2) is 5.11 Å². The van der Waals surface area contributed by atoms with E-state index in [-0.39, 0.29) is 0 Å². The molecule has 20 heavy (non-hydrogen) atoms. The minimum atomic E-state index is 0.332. The van der Waals surface area contributed by atoms with E-state index in [4.69, 9.17) is 0 Å². The molecule has 1 unspecified atom stereocenters. The fourth-order valence-electron chi connectivity index (χ4n) is 2.71. The molecular weight excluding hydrogens is 244 g/mol. The van der Waals surface area contributed by atoms with Crippen LogP contribution in [0.5, 0.6) is 5.75 Å². The van der Waals surface area contributed by atoms with Gasteiger partial charge in [-0.25, -0.2) is 0 Å². The van der Waals surface area contributed by atoms with Crippen LogP contribution in [-0.2, 0) is 12.8 Å². The molecule has 2 aromatic rings. The van der Waals surface area contributed by atoms with Gasteiger partial charge in [-0.05, 0) is 47.9 Å². The first-order valence-electron chi connectivity index (χ1n) is 7.57. The van der Waals surface area contributed by atoms with Crippen molar-refractivity contribution in [2.75, 3.05) is 0 Å². The Morgan fingerprint density at radius 2 is 1.60 bits per heavy atom. The largest absolute Gasteiger partial charge is 0.508 e. The number of rotatable bonds is 6. The first-order chi connectivity index (χ1) is 9.72. The van der Waals surface area contributed by atoms with Crippen LogP contribution in [0.1, 0.15) is 49.3 Å². The van der Waals surface area contributed by atoms with E-state index in [1.807, 2.05) is 18.2 Å². The topological polar surface area (TPSA) is 20.2 Å². The number of benzene rings is 2. The molecule has 0 aromatic heterocycles. The van der Waals surface area contributed by atoms with E-state index < -0.39 is 0 Å². The van der Waals surface area contributed by atoms with Crippen molar-refractivity contribution in [3.63, 3.8) is 0 Å². The van der Waals surface area contributed by atoms with Crippen LogP contribution < -0.4 is 0 Å². The van der Waals surface area contributed by atoms with Gasteiger partial charge in [0.15, 0.2) is 0 Å². The third-order valence-corrected chi connectivity index (χ3v) is 3.91. The van der Waals surface area contributed by atoms with Crippen molar-refractivity contribution in [3.8, 4) is 5.75 Å². The zero-order valence-corrected chi connectivity index (χ0v) is 12.5. The Kier molecular flexibility index (Phi) is 5.23. The molecule has 0 amide bonds. The summed E-state index contributed by atoms with van der Waals surface area (Å²) in [5.74, 6) is 0.741. The zero-order chi connectivity index (χ0) is 14.4. The monoisotopic (exact) mass is 268 g/mol. The Labute approximate surface area is 122 Å². The molecule has 2 rings (SSSR count). The second-order valence-electron chi connectivity index (χ2n) is 5.54. The normalized spacial score (nSPS) is 12.3. The van der Waals surface area contributed by atoms with E-state index in [0.717, 1.165) is 18.4 Å². The van der Waals surface area contributed by atoms with Crippen molar-refractivity contribution in [2.45, 2.75) is 45.4 Å². The Hall–Kier alpha value is -1.76. The average Bonchev–Trinajstić information content (AvgIpc) is 2.46. The third-order valence-electron chi connectivity index (χ3n) is 3.91. The van der Waals surface area contributed by atoms with Crippen LogP contribution in [0.15, 0.2) is 48.5 Å². The minimum absolute atomic E-state index is 0.332. The van der Waals surface area contributed by atoms with E-state index in [2.05, 4.69) is 38.1 Å². The molecule has 0 aliphatic carbocycles. The molecule has 1 atom stereocenters. The van der Waals surface area contributed by atoms with Gasteiger partial charge in [-0.15, -0.1) is 0 Å². The number of unbranched alkanes of at least 4 members (excludes halogenated alkanes) is 1. The van der Waals surface area contributed by atoms with Crippen molar-refractivity contribution in [2.24, 2.45) is 0 Å². The van der Waals surface area contributed by atoms with Crippen molar-refractivity contribution in [1.82, 2.24) is 0 Å². The smallest absolute Gasteiger partial charge is 0.119 e. The highest BCUT2D eigenvalue weighted by Gasteiger charge is 2.12. The van der Waals surface area contributed by atoms with Gasteiger partial charge < -0.3 is 5.11 Å². The molecule has 1 nitrogen and oxygen atoms in total. The van der Waals surface area contributed by atoms with Gasteiger partial charge in [0.1, 0.15) is 5.75 Å². The van der Waals surface area contributed by atoms with Crippen molar-refractivity contribution in [3.05, 3.63) is 65.2 Å². The predicted octanol–water partition coefficient (Wildman–Crippen LogP) is 5.08. The summed E-state index contributed by atoms with van der Waals surface area (Å²) in [6, 6.07) is 16.4. The Morgan fingerprint density at radius 3 is 2.30 bits per heavy atom. The van der Waals surface area contributed by atoms with Crippen LogP contribution in [0.25, 0.3) is 0 Å². The number of aryl methyl sites for hydroxylation is 1. The van der Waals surface area contributed by atoms with Gasteiger partial charge in [-0.2, -0.15) is 0 Å². The summed E-state index contributed by atoms with van der Waals surface area (Å²) in [4.78, 5) is 0. The summed E-state index contributed by atoms with van der Waals surface area (Å²) in [6.07, 6.45) is 4.60. The van der Waals surface area contributed by atoms with Gasteiger partial charge in [-0.3, -0.25) is 0 Å². The van der Waals surface area contributed by atoms with Gasteiger partial charge in [0, 0.05) is 0 Å². The highest BCUT2D eigenvalue weighted by Crippen LogP contribution is 2.29. The molecule has 0 bridgehead atoms. The number of aromatic hydroxyl groups is 1. The highest BCUT2D eigenvalue weighted by molar-refractivity contribution is 5.37. The first-order valence-corrected chi connectivity index (χ1v) is 7.57. The second kappa shape index (κ2) is 7.14. The second-order valence-corrected chi connectivity index (χ2v) is 5.54. The van der Waals surface area contributed by atoms with Crippen molar-refractivity contribution in [1.29, 1.82) is 0 Å². The van der Waals surface area contributed by atoms with Gasteiger partial charge in [-0.1, -0.05) is 62.7 Å². The molecular formula is C19H24O. The summed E-state index contributed by atoms with van der Waals surface area (Å²) < 4.78 is 0. The fraction of sp³-hybridized carbons (Fsp3) is 0.368. The molecule has 0 fully saturated rings. The van der Waals surface area contributed by atoms with Crippen molar-refractivity contribution >= 4 is 0 Å². The molecule has 0 spiro atoms. The van der Waals surface area contributed by atoms with E-state index >= 15 is 0 Å². The van der Waals surface area contributed by atoms with E-state index in [1.54, 1.807) is 6.07 Å². The molecule has 1 N–H and O–H groups in total. The van der Waals surface area contributed by atoms with Crippen LogP contribution in [0.3, 0.4) is 0 Å². The predicted molar refractivity (Wildman–Crippen MR) is 85.3 cm³/mol. The maximum Gasteiger partial charge on any atom is 0.119 e. The molecule has 0 saturated carbocycles. The van der Waals surface area contributed by atoms with Crippen LogP contribution >= 0.6 is 0 Å². The number of para-hydroxylation sites is 1. The number of hydrogen-bond donors (Lipinski definition) is 1. The van der Waals surface area contributed by atoms with E-state index in [9.17, 15) is 5.11 Å². The molecule has 0 aliphatic heterocycles. The maximum absolute atomic E-state index is 9.97. The van der Waals surface area contributed by atoms with Gasteiger partial charge in [0.2, 0.25) is 0 Å². The highest BCUT2D eigenvalue weighted by atomic mass is 16.3. The molecule has 106 valence electrons. The summed E-state index contributed by atoms with van der Waals surface area (Å²) in [5.41, 5.74) is 3.91. The lowest BCUT2D eigenvalue weighted by Crippen LogP contribution is -2.02. The van der Waals surface area contributed by atoms with Crippen LogP contribution in [0.2, 0.25) is 0 Å². The Bertz CT molecular complexity index is 545.